The van der Waals surface area contributed by atoms with E-state index in [1.54, 1.807) is 6.92 Å². The maximum atomic E-state index is 12.8. The number of carbonyl (C=O) groups is 5. The molecular weight excluding hydrogens is 410 g/mol. The van der Waals surface area contributed by atoms with Crippen LogP contribution in [0.15, 0.2) is 12.5 Å². The number of primary amides is 1. The van der Waals surface area contributed by atoms with Crippen LogP contribution in [0.3, 0.4) is 0 Å². The number of hydrogen-bond acceptors (Lipinski definition) is 7. The summed E-state index contributed by atoms with van der Waals surface area (Å²) in [6, 6.07) is -3.40. The molecule has 9 N–H and O–H groups in total. The molecule has 0 aromatic carbocycles. The van der Waals surface area contributed by atoms with E-state index in [2.05, 4.69) is 25.9 Å². The fraction of sp³-hybridized carbons (Fsp3) is 0.556. The number of aromatic amines is 1. The van der Waals surface area contributed by atoms with Crippen molar-refractivity contribution >= 4 is 29.6 Å². The van der Waals surface area contributed by atoms with Gasteiger partial charge in [0.05, 0.1) is 18.8 Å². The van der Waals surface area contributed by atoms with Gasteiger partial charge in [-0.15, -0.1) is 0 Å². The van der Waals surface area contributed by atoms with Crippen molar-refractivity contribution < 1.29 is 29.1 Å². The summed E-state index contributed by atoms with van der Waals surface area (Å²) in [4.78, 5) is 66.1. The van der Waals surface area contributed by atoms with Crippen molar-refractivity contribution in [2.45, 2.75) is 51.2 Å². The maximum absolute atomic E-state index is 12.8. The van der Waals surface area contributed by atoms with E-state index in [-0.39, 0.29) is 12.3 Å². The minimum absolute atomic E-state index is 0.169. The average molecular weight is 439 g/mol. The highest BCUT2D eigenvalue weighted by atomic mass is 16.4. The normalized spacial score (nSPS) is 14.5. The molecule has 0 saturated carbocycles. The SMILES string of the molecule is CCC(C)C(NC(=O)C(N)Cc1cnc[nH]1)C(=O)NC(CC(N)=O)C(=O)NCC(=O)O. The number of rotatable bonds is 13. The number of aromatic nitrogens is 2. The second kappa shape index (κ2) is 12.3. The van der Waals surface area contributed by atoms with Crippen molar-refractivity contribution in [1.82, 2.24) is 25.9 Å². The lowest BCUT2D eigenvalue weighted by Gasteiger charge is -2.27. The summed E-state index contributed by atoms with van der Waals surface area (Å²) in [5.41, 5.74) is 11.7. The lowest BCUT2D eigenvalue weighted by Crippen LogP contribution is -2.58. The maximum Gasteiger partial charge on any atom is 0.322 e. The van der Waals surface area contributed by atoms with E-state index in [1.807, 2.05) is 6.92 Å². The van der Waals surface area contributed by atoms with Gasteiger partial charge in [-0.3, -0.25) is 24.0 Å². The van der Waals surface area contributed by atoms with Gasteiger partial charge in [-0.1, -0.05) is 20.3 Å². The van der Waals surface area contributed by atoms with Gasteiger partial charge >= 0.3 is 5.97 Å². The highest BCUT2D eigenvalue weighted by Crippen LogP contribution is 2.10. The first-order valence-corrected chi connectivity index (χ1v) is 9.66. The molecule has 172 valence electrons. The van der Waals surface area contributed by atoms with Crippen molar-refractivity contribution in [3.05, 3.63) is 18.2 Å². The molecule has 0 fully saturated rings. The molecule has 0 spiro atoms. The first-order valence-electron chi connectivity index (χ1n) is 9.66. The predicted octanol–water partition coefficient (Wildman–Crippen LogP) is -2.63. The molecule has 1 heterocycles. The number of aliphatic carboxylic acids is 1. The summed E-state index contributed by atoms with van der Waals surface area (Å²) in [5.74, 6) is -4.71. The lowest BCUT2D eigenvalue weighted by molar-refractivity contribution is -0.139. The largest absolute Gasteiger partial charge is 0.480 e. The highest BCUT2D eigenvalue weighted by Gasteiger charge is 2.31. The standard InChI is InChI=1S/C18H29N7O6/c1-3-9(2)15(25-16(29)11(19)4-10-6-21-8-23-10)18(31)24-12(5-13(20)26)17(30)22-7-14(27)28/h6,8-9,11-12,15H,3-5,7,19H2,1-2H3,(H2,20,26)(H,21,23)(H,22,30)(H,24,31)(H,25,29)(H,27,28). The van der Waals surface area contributed by atoms with Gasteiger partial charge in [0.25, 0.3) is 0 Å². The van der Waals surface area contributed by atoms with E-state index in [9.17, 15) is 24.0 Å². The zero-order valence-electron chi connectivity index (χ0n) is 17.4. The van der Waals surface area contributed by atoms with Crippen LogP contribution in [0.4, 0.5) is 0 Å². The van der Waals surface area contributed by atoms with Crippen LogP contribution in [-0.2, 0) is 30.4 Å². The van der Waals surface area contributed by atoms with E-state index < -0.39 is 60.7 Å². The van der Waals surface area contributed by atoms with Crippen LogP contribution in [0.2, 0.25) is 0 Å². The number of H-pyrrole nitrogens is 1. The Morgan fingerprint density at radius 3 is 2.35 bits per heavy atom. The minimum atomic E-state index is -1.40. The molecule has 4 atom stereocenters. The first-order chi connectivity index (χ1) is 14.5. The molecule has 13 nitrogen and oxygen atoms in total. The van der Waals surface area contributed by atoms with Gasteiger partial charge in [-0.2, -0.15) is 0 Å². The van der Waals surface area contributed by atoms with Crippen LogP contribution >= 0.6 is 0 Å². The average Bonchev–Trinajstić information content (AvgIpc) is 3.21. The first kappa shape index (κ1) is 25.6. The molecule has 4 amide bonds. The molecule has 13 heteroatoms. The van der Waals surface area contributed by atoms with E-state index >= 15 is 0 Å². The Bertz CT molecular complexity index is 782. The van der Waals surface area contributed by atoms with Crippen molar-refractivity contribution in [2.75, 3.05) is 6.54 Å². The van der Waals surface area contributed by atoms with Gasteiger partial charge in [0.1, 0.15) is 18.6 Å². The number of carboxylic acids is 1. The second-order valence-electron chi connectivity index (χ2n) is 7.10. The second-order valence-corrected chi connectivity index (χ2v) is 7.10. The molecule has 4 unspecified atom stereocenters. The van der Waals surface area contributed by atoms with E-state index in [1.165, 1.54) is 12.5 Å². The third-order valence-electron chi connectivity index (χ3n) is 4.58. The smallest absolute Gasteiger partial charge is 0.322 e. The van der Waals surface area contributed by atoms with Gasteiger partial charge in [-0.25, -0.2) is 4.98 Å². The Labute approximate surface area is 178 Å². The molecule has 1 rings (SSSR count). The van der Waals surface area contributed by atoms with Crippen molar-refractivity contribution in [3.63, 3.8) is 0 Å². The monoisotopic (exact) mass is 439 g/mol. The third-order valence-corrected chi connectivity index (χ3v) is 4.58. The number of nitrogens with zero attached hydrogens (tertiary/aromatic N) is 1. The summed E-state index contributed by atoms with van der Waals surface area (Å²) in [7, 11) is 0. The number of hydrogen-bond donors (Lipinski definition) is 7. The van der Waals surface area contributed by atoms with Crippen molar-refractivity contribution in [2.24, 2.45) is 17.4 Å². The Kier molecular flexibility index (Phi) is 10.1. The molecule has 0 aliphatic carbocycles. The fourth-order valence-electron chi connectivity index (χ4n) is 2.65. The molecule has 1 aromatic heterocycles. The van der Waals surface area contributed by atoms with E-state index in [4.69, 9.17) is 16.6 Å². The van der Waals surface area contributed by atoms with E-state index in [0.29, 0.717) is 12.1 Å². The zero-order valence-corrected chi connectivity index (χ0v) is 17.4. The van der Waals surface area contributed by atoms with Gasteiger partial charge in [0.2, 0.25) is 23.6 Å². The van der Waals surface area contributed by atoms with Crippen LogP contribution in [0, 0.1) is 5.92 Å². The quantitative estimate of drug-likeness (QED) is 0.172. The molecule has 0 saturated heterocycles. The molecule has 31 heavy (non-hydrogen) atoms. The fourth-order valence-corrected chi connectivity index (χ4v) is 2.65. The zero-order chi connectivity index (χ0) is 23.6. The van der Waals surface area contributed by atoms with Crippen molar-refractivity contribution in [1.29, 1.82) is 0 Å². The van der Waals surface area contributed by atoms with Crippen LogP contribution in [0.25, 0.3) is 0 Å². The number of imidazole rings is 1. The third kappa shape index (κ3) is 8.82. The minimum Gasteiger partial charge on any atom is -0.480 e. The van der Waals surface area contributed by atoms with Gasteiger partial charge in [0.15, 0.2) is 0 Å². The number of nitrogens with two attached hydrogens (primary N) is 2. The number of nitrogens with one attached hydrogen (secondary N) is 4. The number of carbonyl (C=O) groups excluding carboxylic acids is 4. The van der Waals surface area contributed by atoms with Gasteiger partial charge in [0, 0.05) is 18.3 Å². The molecule has 0 radical (unpaired) electrons. The van der Waals surface area contributed by atoms with Crippen molar-refractivity contribution in [3.8, 4) is 0 Å². The van der Waals surface area contributed by atoms with Crippen LogP contribution in [0.5, 0.6) is 0 Å². The highest BCUT2D eigenvalue weighted by molar-refractivity contribution is 5.95. The Morgan fingerprint density at radius 1 is 1.16 bits per heavy atom. The lowest BCUT2D eigenvalue weighted by atomic mass is 9.97. The number of carboxylic acid groups (broad SMARTS) is 1. The molecule has 1 aromatic rings. The molecule has 0 bridgehead atoms. The van der Waals surface area contributed by atoms with E-state index in [0.717, 1.165) is 0 Å². The van der Waals surface area contributed by atoms with Gasteiger partial charge in [-0.05, 0) is 5.92 Å². The Morgan fingerprint density at radius 2 is 1.84 bits per heavy atom. The summed E-state index contributed by atoms with van der Waals surface area (Å²) < 4.78 is 0. The summed E-state index contributed by atoms with van der Waals surface area (Å²) >= 11 is 0. The molecule has 0 aliphatic heterocycles. The van der Waals surface area contributed by atoms with Gasteiger partial charge < -0.3 is 37.5 Å². The number of amides is 4. The van der Waals surface area contributed by atoms with Crippen LogP contribution < -0.4 is 27.4 Å². The van der Waals surface area contributed by atoms with Crippen LogP contribution in [0.1, 0.15) is 32.4 Å². The van der Waals surface area contributed by atoms with Crippen LogP contribution in [-0.4, -0.2) is 69.3 Å². The summed E-state index contributed by atoms with van der Waals surface area (Å²) in [5, 5.41) is 15.7. The molecular formula is C18H29N7O6. The Hall–Kier alpha value is -3.48. The summed E-state index contributed by atoms with van der Waals surface area (Å²) in [6.45, 7) is 2.83. The summed E-state index contributed by atoms with van der Waals surface area (Å²) in [6.07, 6.45) is 3.11. The Balaban J connectivity index is 2.88. The topological polar surface area (TPSA) is 222 Å². The molecule has 0 aliphatic rings. The predicted molar refractivity (Wildman–Crippen MR) is 108 cm³/mol.